The summed E-state index contributed by atoms with van der Waals surface area (Å²) in [4.78, 5) is 11.3. The number of hydrogen-bond acceptors (Lipinski definition) is 2. The molecule has 1 aliphatic rings. The first-order valence-electron chi connectivity index (χ1n) is 4.29. The van der Waals surface area contributed by atoms with Crippen LogP contribution in [0.4, 0.5) is 0 Å². The Bertz CT molecular complexity index is 303. The summed E-state index contributed by atoms with van der Waals surface area (Å²) in [5.41, 5.74) is 0.944. The summed E-state index contributed by atoms with van der Waals surface area (Å²) in [6, 6.07) is 1.94. The van der Waals surface area contributed by atoms with E-state index in [1.54, 1.807) is 4.68 Å². The number of carbonyl (C=O) groups is 1. The third-order valence-corrected chi connectivity index (χ3v) is 2.40. The molecule has 12 heavy (non-hydrogen) atoms. The van der Waals surface area contributed by atoms with Crippen molar-refractivity contribution in [2.24, 2.45) is 7.05 Å². The molecule has 1 aliphatic carbocycles. The number of hydrogen-bond donors (Lipinski definition) is 0. The molecule has 3 heteroatoms. The lowest BCUT2D eigenvalue weighted by Crippen LogP contribution is -2.05. The lowest BCUT2D eigenvalue weighted by molar-refractivity contribution is -0.118. The number of carbonyl (C=O) groups excluding carboxylic acids is 1. The Morgan fingerprint density at radius 2 is 2.50 bits per heavy atom. The minimum absolute atomic E-state index is 0.0891. The molecule has 1 atom stereocenters. The van der Waals surface area contributed by atoms with Crippen LogP contribution >= 0.6 is 0 Å². The Balaban J connectivity index is 2.24. The highest BCUT2D eigenvalue weighted by molar-refractivity contribution is 5.87. The second-order valence-electron chi connectivity index (χ2n) is 3.33. The maximum atomic E-state index is 11.3. The molecule has 0 bridgehead atoms. The molecule has 0 amide bonds. The van der Waals surface area contributed by atoms with E-state index in [1.807, 2.05) is 19.3 Å². The number of rotatable bonds is 1. The number of aryl methyl sites for hydroxylation is 1. The van der Waals surface area contributed by atoms with E-state index in [4.69, 9.17) is 0 Å². The van der Waals surface area contributed by atoms with Crippen molar-refractivity contribution < 1.29 is 4.79 Å². The minimum atomic E-state index is 0.0891. The summed E-state index contributed by atoms with van der Waals surface area (Å²) in [5.74, 6) is 0.444. The van der Waals surface area contributed by atoms with Crippen molar-refractivity contribution in [2.45, 2.75) is 25.2 Å². The Morgan fingerprint density at radius 1 is 1.67 bits per heavy atom. The summed E-state index contributed by atoms with van der Waals surface area (Å²) in [6.07, 6.45) is 4.64. The average Bonchev–Trinajstić information content (AvgIpc) is 2.58. The van der Waals surface area contributed by atoms with E-state index in [-0.39, 0.29) is 5.92 Å². The summed E-state index contributed by atoms with van der Waals surface area (Å²) < 4.78 is 1.75. The topological polar surface area (TPSA) is 34.9 Å². The van der Waals surface area contributed by atoms with Gasteiger partial charge in [-0.3, -0.25) is 9.48 Å². The van der Waals surface area contributed by atoms with Crippen LogP contribution in [-0.2, 0) is 11.8 Å². The van der Waals surface area contributed by atoms with Crippen molar-refractivity contribution in [1.82, 2.24) is 9.78 Å². The summed E-state index contributed by atoms with van der Waals surface area (Å²) >= 11 is 0. The van der Waals surface area contributed by atoms with Gasteiger partial charge in [-0.2, -0.15) is 5.10 Å². The van der Waals surface area contributed by atoms with Crippen LogP contribution in [0.1, 0.15) is 30.9 Å². The number of aromatic nitrogens is 2. The molecule has 3 nitrogen and oxygen atoms in total. The number of nitrogens with zero attached hydrogens (tertiary/aromatic N) is 2. The largest absolute Gasteiger partial charge is 0.299 e. The molecule has 1 aromatic rings. The molecule has 0 saturated heterocycles. The molecular formula is C9H12N2O. The van der Waals surface area contributed by atoms with E-state index in [2.05, 4.69) is 5.10 Å². The third kappa shape index (κ3) is 1.15. The Kier molecular flexibility index (Phi) is 1.71. The lowest BCUT2D eigenvalue weighted by atomic mass is 10.0. The second-order valence-corrected chi connectivity index (χ2v) is 3.33. The zero-order valence-corrected chi connectivity index (χ0v) is 7.16. The average molecular weight is 164 g/mol. The fraction of sp³-hybridized carbons (Fsp3) is 0.556. The van der Waals surface area contributed by atoms with E-state index in [0.29, 0.717) is 5.78 Å². The van der Waals surface area contributed by atoms with Gasteiger partial charge in [0.25, 0.3) is 0 Å². The standard InChI is InChI=1S/C9H12N2O/c1-11-6-5-8(10-11)7-3-2-4-9(7)12/h5-7H,2-4H2,1H3. The van der Waals surface area contributed by atoms with Gasteiger partial charge in [-0.15, -0.1) is 0 Å². The smallest absolute Gasteiger partial charge is 0.141 e. The molecule has 0 spiro atoms. The zero-order valence-electron chi connectivity index (χ0n) is 7.16. The molecule has 1 unspecified atom stereocenters. The predicted molar refractivity (Wildman–Crippen MR) is 44.8 cm³/mol. The first-order chi connectivity index (χ1) is 5.77. The fourth-order valence-electron chi connectivity index (χ4n) is 1.75. The number of ketones is 1. The zero-order chi connectivity index (χ0) is 8.55. The van der Waals surface area contributed by atoms with Crippen molar-refractivity contribution in [3.63, 3.8) is 0 Å². The van der Waals surface area contributed by atoms with Gasteiger partial charge in [0.2, 0.25) is 0 Å². The van der Waals surface area contributed by atoms with E-state index >= 15 is 0 Å². The van der Waals surface area contributed by atoms with Crippen LogP contribution < -0.4 is 0 Å². The van der Waals surface area contributed by atoms with Crippen LogP contribution in [-0.4, -0.2) is 15.6 Å². The van der Waals surface area contributed by atoms with Gasteiger partial charge in [0.05, 0.1) is 11.6 Å². The van der Waals surface area contributed by atoms with Crippen molar-refractivity contribution in [3.8, 4) is 0 Å². The molecule has 64 valence electrons. The van der Waals surface area contributed by atoms with E-state index in [9.17, 15) is 4.79 Å². The van der Waals surface area contributed by atoms with Crippen LogP contribution in [0.15, 0.2) is 12.3 Å². The van der Waals surface area contributed by atoms with Gasteiger partial charge in [0, 0.05) is 19.7 Å². The van der Waals surface area contributed by atoms with Crippen molar-refractivity contribution >= 4 is 5.78 Å². The molecule has 0 aromatic carbocycles. The molecule has 1 fully saturated rings. The molecule has 0 aliphatic heterocycles. The molecular weight excluding hydrogens is 152 g/mol. The maximum Gasteiger partial charge on any atom is 0.141 e. The highest BCUT2D eigenvalue weighted by Crippen LogP contribution is 2.29. The molecule has 0 N–H and O–H groups in total. The summed E-state index contributed by atoms with van der Waals surface area (Å²) in [7, 11) is 1.88. The Morgan fingerprint density at radius 3 is 3.00 bits per heavy atom. The quantitative estimate of drug-likeness (QED) is 0.626. The van der Waals surface area contributed by atoms with E-state index in [1.165, 1.54) is 0 Å². The van der Waals surface area contributed by atoms with Crippen LogP contribution in [0.3, 0.4) is 0 Å². The monoisotopic (exact) mass is 164 g/mol. The fourth-order valence-corrected chi connectivity index (χ4v) is 1.75. The SMILES string of the molecule is Cn1ccc(C2CCCC2=O)n1. The van der Waals surface area contributed by atoms with Crippen molar-refractivity contribution in [1.29, 1.82) is 0 Å². The van der Waals surface area contributed by atoms with Gasteiger partial charge < -0.3 is 0 Å². The maximum absolute atomic E-state index is 11.3. The molecule has 1 aromatic heterocycles. The van der Waals surface area contributed by atoms with Crippen LogP contribution in [0.2, 0.25) is 0 Å². The first-order valence-corrected chi connectivity index (χ1v) is 4.29. The molecule has 1 saturated carbocycles. The summed E-state index contributed by atoms with van der Waals surface area (Å²) in [5, 5.41) is 4.24. The highest BCUT2D eigenvalue weighted by atomic mass is 16.1. The van der Waals surface area contributed by atoms with Crippen molar-refractivity contribution in [2.75, 3.05) is 0 Å². The Hall–Kier alpha value is -1.12. The van der Waals surface area contributed by atoms with Gasteiger partial charge >= 0.3 is 0 Å². The predicted octanol–water partition coefficient (Wildman–Crippen LogP) is 1.26. The van der Waals surface area contributed by atoms with Gasteiger partial charge in [0.1, 0.15) is 5.78 Å². The minimum Gasteiger partial charge on any atom is -0.299 e. The Labute approximate surface area is 71.4 Å². The number of Topliss-reactive ketones (excluding diaryl/α,β-unsaturated/α-hetero) is 1. The summed E-state index contributed by atoms with van der Waals surface area (Å²) in [6.45, 7) is 0. The van der Waals surface area contributed by atoms with Crippen LogP contribution in [0.25, 0.3) is 0 Å². The first kappa shape index (κ1) is 7.53. The van der Waals surface area contributed by atoms with Crippen LogP contribution in [0.5, 0.6) is 0 Å². The lowest BCUT2D eigenvalue weighted by Gasteiger charge is -2.01. The second kappa shape index (κ2) is 2.73. The van der Waals surface area contributed by atoms with Gasteiger partial charge in [-0.05, 0) is 18.9 Å². The normalized spacial score (nSPS) is 23.4. The van der Waals surface area contributed by atoms with Crippen molar-refractivity contribution in [3.05, 3.63) is 18.0 Å². The van der Waals surface area contributed by atoms with E-state index in [0.717, 1.165) is 25.0 Å². The van der Waals surface area contributed by atoms with E-state index < -0.39 is 0 Å². The van der Waals surface area contributed by atoms with Crippen LogP contribution in [0, 0.1) is 0 Å². The molecule has 2 rings (SSSR count). The van der Waals surface area contributed by atoms with Gasteiger partial charge in [0.15, 0.2) is 0 Å². The molecule has 1 heterocycles. The van der Waals surface area contributed by atoms with Gasteiger partial charge in [-0.25, -0.2) is 0 Å². The molecule has 0 radical (unpaired) electrons. The highest BCUT2D eigenvalue weighted by Gasteiger charge is 2.27. The third-order valence-electron chi connectivity index (χ3n) is 2.40. The van der Waals surface area contributed by atoms with Gasteiger partial charge in [-0.1, -0.05) is 0 Å².